The van der Waals surface area contributed by atoms with Gasteiger partial charge in [0.05, 0.1) is 5.02 Å². The van der Waals surface area contributed by atoms with Crippen LogP contribution in [0, 0.1) is 0 Å². The molecule has 0 aliphatic carbocycles. The van der Waals surface area contributed by atoms with E-state index in [1.165, 1.54) is 6.92 Å². The van der Waals surface area contributed by atoms with E-state index in [1.54, 1.807) is 24.5 Å². The SMILES string of the molecule is CC(=O)OC1COc2cc(OCc3ccc(OCc4cccnc4)cc3Cl)ccc21. The van der Waals surface area contributed by atoms with Gasteiger partial charge in [-0.2, -0.15) is 0 Å². The van der Waals surface area contributed by atoms with Crippen molar-refractivity contribution in [1.29, 1.82) is 0 Å². The van der Waals surface area contributed by atoms with E-state index < -0.39 is 0 Å². The summed E-state index contributed by atoms with van der Waals surface area (Å²) in [4.78, 5) is 15.2. The number of ether oxygens (including phenoxy) is 4. The van der Waals surface area contributed by atoms with Crippen molar-refractivity contribution in [3.05, 3.63) is 82.6 Å². The Balaban J connectivity index is 1.35. The number of pyridine rings is 1. The van der Waals surface area contributed by atoms with Gasteiger partial charge in [-0.15, -0.1) is 0 Å². The molecule has 154 valence electrons. The first kappa shape index (κ1) is 20.0. The van der Waals surface area contributed by atoms with Crippen molar-refractivity contribution in [3.8, 4) is 17.2 Å². The second-order valence-corrected chi connectivity index (χ2v) is 7.21. The Morgan fingerprint density at radius 2 is 1.93 bits per heavy atom. The summed E-state index contributed by atoms with van der Waals surface area (Å²) >= 11 is 6.39. The largest absolute Gasteiger partial charge is 0.489 e. The van der Waals surface area contributed by atoms with Crippen LogP contribution in [0.5, 0.6) is 17.2 Å². The molecule has 7 heteroatoms. The van der Waals surface area contributed by atoms with Gasteiger partial charge in [0.2, 0.25) is 0 Å². The van der Waals surface area contributed by atoms with Crippen LogP contribution in [0.4, 0.5) is 0 Å². The van der Waals surface area contributed by atoms with Gasteiger partial charge >= 0.3 is 5.97 Å². The second-order valence-electron chi connectivity index (χ2n) is 6.80. The predicted molar refractivity (Wildman–Crippen MR) is 111 cm³/mol. The lowest BCUT2D eigenvalue weighted by Crippen LogP contribution is -2.09. The number of esters is 1. The van der Waals surface area contributed by atoms with E-state index in [1.807, 2.05) is 36.4 Å². The van der Waals surface area contributed by atoms with Gasteiger partial charge in [-0.1, -0.05) is 23.7 Å². The van der Waals surface area contributed by atoms with E-state index in [-0.39, 0.29) is 12.1 Å². The van der Waals surface area contributed by atoms with Crippen LogP contribution in [0.1, 0.15) is 29.7 Å². The minimum absolute atomic E-state index is 0.299. The molecule has 1 aliphatic heterocycles. The zero-order chi connectivity index (χ0) is 20.9. The number of hydrogen-bond donors (Lipinski definition) is 0. The molecule has 0 fully saturated rings. The third-order valence-corrected chi connectivity index (χ3v) is 4.93. The molecule has 0 bridgehead atoms. The van der Waals surface area contributed by atoms with Crippen LogP contribution < -0.4 is 14.2 Å². The molecule has 6 nitrogen and oxygen atoms in total. The summed E-state index contributed by atoms with van der Waals surface area (Å²) in [5.74, 6) is 1.64. The fourth-order valence-electron chi connectivity index (χ4n) is 3.09. The molecule has 2 heterocycles. The highest BCUT2D eigenvalue weighted by molar-refractivity contribution is 6.31. The molecule has 0 spiro atoms. The molecule has 0 saturated heterocycles. The van der Waals surface area contributed by atoms with Crippen molar-refractivity contribution in [3.63, 3.8) is 0 Å². The first-order valence-electron chi connectivity index (χ1n) is 9.45. The summed E-state index contributed by atoms with van der Waals surface area (Å²) in [7, 11) is 0. The highest BCUT2D eigenvalue weighted by Gasteiger charge is 2.27. The number of aromatic nitrogens is 1. The van der Waals surface area contributed by atoms with Gasteiger partial charge in [0.25, 0.3) is 0 Å². The van der Waals surface area contributed by atoms with Gasteiger partial charge in [-0.05, 0) is 30.3 Å². The molecule has 3 aromatic rings. The maximum absolute atomic E-state index is 11.2. The molecule has 1 aliphatic rings. The predicted octanol–water partition coefficient (Wildman–Crippen LogP) is 4.89. The third kappa shape index (κ3) is 4.83. The molecule has 1 atom stereocenters. The lowest BCUT2D eigenvalue weighted by atomic mass is 10.1. The van der Waals surface area contributed by atoms with Gasteiger partial charge in [-0.25, -0.2) is 0 Å². The van der Waals surface area contributed by atoms with Crippen LogP contribution in [-0.2, 0) is 22.7 Å². The van der Waals surface area contributed by atoms with Gasteiger partial charge in [-0.3, -0.25) is 9.78 Å². The lowest BCUT2D eigenvalue weighted by molar-refractivity contribution is -0.147. The number of carbonyl (C=O) groups excluding carboxylic acids is 1. The summed E-state index contributed by atoms with van der Waals surface area (Å²) in [5.41, 5.74) is 2.66. The zero-order valence-corrected chi connectivity index (χ0v) is 17.1. The quantitative estimate of drug-likeness (QED) is 0.502. The average molecular weight is 426 g/mol. The van der Waals surface area contributed by atoms with E-state index in [0.29, 0.717) is 42.1 Å². The Morgan fingerprint density at radius 3 is 2.70 bits per heavy atom. The second kappa shape index (κ2) is 9.05. The van der Waals surface area contributed by atoms with Crippen molar-refractivity contribution in [2.24, 2.45) is 0 Å². The Morgan fingerprint density at radius 1 is 1.13 bits per heavy atom. The lowest BCUT2D eigenvalue weighted by Gasteiger charge is -2.12. The van der Waals surface area contributed by atoms with Gasteiger partial charge in [0.1, 0.15) is 37.1 Å². The van der Waals surface area contributed by atoms with Gasteiger partial charge < -0.3 is 18.9 Å². The Bertz CT molecular complexity index is 1040. The molecule has 0 saturated carbocycles. The van der Waals surface area contributed by atoms with Crippen molar-refractivity contribution in [2.45, 2.75) is 26.2 Å². The normalized spacial score (nSPS) is 14.5. The van der Waals surface area contributed by atoms with Crippen LogP contribution >= 0.6 is 11.6 Å². The van der Waals surface area contributed by atoms with Gasteiger partial charge in [0.15, 0.2) is 6.10 Å². The minimum atomic E-state index is -0.375. The summed E-state index contributed by atoms with van der Waals surface area (Å²) in [6.07, 6.45) is 3.11. The number of fused-ring (bicyclic) bond motifs is 1. The molecule has 0 N–H and O–H groups in total. The summed E-state index contributed by atoms with van der Waals surface area (Å²) < 4.78 is 22.5. The van der Waals surface area contributed by atoms with E-state index in [4.69, 9.17) is 30.5 Å². The highest BCUT2D eigenvalue weighted by atomic mass is 35.5. The van der Waals surface area contributed by atoms with Crippen molar-refractivity contribution >= 4 is 17.6 Å². The topological polar surface area (TPSA) is 66.9 Å². The average Bonchev–Trinajstić information content (AvgIpc) is 3.13. The number of benzene rings is 2. The maximum Gasteiger partial charge on any atom is 0.303 e. The molecular formula is C23H20ClNO5. The Labute approximate surface area is 179 Å². The van der Waals surface area contributed by atoms with Crippen LogP contribution in [0.3, 0.4) is 0 Å². The molecule has 1 aromatic heterocycles. The number of rotatable bonds is 7. The molecule has 0 radical (unpaired) electrons. The van der Waals surface area contributed by atoms with E-state index >= 15 is 0 Å². The number of carbonyl (C=O) groups is 1. The first-order chi connectivity index (χ1) is 14.6. The van der Waals surface area contributed by atoms with Crippen LogP contribution in [0.15, 0.2) is 60.9 Å². The van der Waals surface area contributed by atoms with Crippen LogP contribution in [-0.4, -0.2) is 17.6 Å². The van der Waals surface area contributed by atoms with Crippen molar-refractivity contribution in [2.75, 3.05) is 6.61 Å². The summed E-state index contributed by atoms with van der Waals surface area (Å²) in [6, 6.07) is 14.8. The van der Waals surface area contributed by atoms with Crippen molar-refractivity contribution < 1.29 is 23.7 Å². The van der Waals surface area contributed by atoms with E-state index in [0.717, 1.165) is 16.7 Å². The highest BCUT2D eigenvalue weighted by Crippen LogP contribution is 2.37. The third-order valence-electron chi connectivity index (χ3n) is 4.58. The van der Waals surface area contributed by atoms with E-state index in [2.05, 4.69) is 4.98 Å². The fraction of sp³-hybridized carbons (Fsp3) is 0.217. The fourth-order valence-corrected chi connectivity index (χ4v) is 3.32. The molecule has 30 heavy (non-hydrogen) atoms. The first-order valence-corrected chi connectivity index (χ1v) is 9.83. The van der Waals surface area contributed by atoms with E-state index in [9.17, 15) is 4.79 Å². The van der Waals surface area contributed by atoms with Crippen LogP contribution in [0.25, 0.3) is 0 Å². The standard InChI is InChI=1S/C23H20ClNO5/c1-15(26)30-23-14-29-22-10-19(6-7-20(22)23)28-13-17-4-5-18(9-21(17)24)27-12-16-3-2-8-25-11-16/h2-11,23H,12-14H2,1H3. The Kier molecular flexibility index (Phi) is 6.05. The molecular weight excluding hydrogens is 406 g/mol. The zero-order valence-electron chi connectivity index (χ0n) is 16.3. The molecule has 2 aromatic carbocycles. The summed E-state index contributed by atoms with van der Waals surface area (Å²) in [5, 5.41) is 0.561. The number of halogens is 1. The number of nitrogens with zero attached hydrogens (tertiary/aromatic N) is 1. The van der Waals surface area contributed by atoms with Gasteiger partial charge in [0, 0.05) is 42.1 Å². The smallest absolute Gasteiger partial charge is 0.303 e. The summed E-state index contributed by atoms with van der Waals surface area (Å²) in [6.45, 7) is 2.41. The van der Waals surface area contributed by atoms with Crippen molar-refractivity contribution in [1.82, 2.24) is 4.98 Å². The number of hydrogen-bond acceptors (Lipinski definition) is 6. The van der Waals surface area contributed by atoms with Crippen LogP contribution in [0.2, 0.25) is 5.02 Å². The maximum atomic E-state index is 11.2. The Hall–Kier alpha value is -3.25. The molecule has 0 amide bonds. The minimum Gasteiger partial charge on any atom is -0.489 e. The monoisotopic (exact) mass is 425 g/mol. The molecule has 1 unspecified atom stereocenters. The molecule has 4 rings (SSSR count).